The Kier molecular flexibility index (Phi) is 3.51. The number of fused-ring (bicyclic) bond motifs is 1. The van der Waals surface area contributed by atoms with E-state index in [1.54, 1.807) is 12.8 Å². The third-order valence-corrected chi connectivity index (χ3v) is 5.33. The van der Waals surface area contributed by atoms with Crippen molar-refractivity contribution >= 4 is 0 Å². The molecule has 0 heterocycles. The molecule has 2 atom stereocenters. The van der Waals surface area contributed by atoms with Gasteiger partial charge in [-0.3, -0.25) is 0 Å². The molecule has 1 nitrogen and oxygen atoms in total. The van der Waals surface area contributed by atoms with Crippen LogP contribution < -0.4 is 5.32 Å². The molecule has 92 valence electrons. The number of nitrogens with one attached hydrogen (secondary N) is 1. The molecule has 0 radical (unpaired) electrons. The summed E-state index contributed by atoms with van der Waals surface area (Å²) in [5.74, 6) is 3.34. The van der Waals surface area contributed by atoms with Crippen molar-refractivity contribution in [3.63, 3.8) is 0 Å². The Morgan fingerprint density at radius 1 is 0.688 bits per heavy atom. The Bertz CT molecular complexity index is 203. The molecule has 1 N–H and O–H groups in total. The molecule has 3 aliphatic carbocycles. The van der Waals surface area contributed by atoms with Gasteiger partial charge >= 0.3 is 0 Å². The smallest absolute Gasteiger partial charge is 0.00671 e. The fraction of sp³-hybridized carbons (Fsp3) is 1.00. The summed E-state index contributed by atoms with van der Waals surface area (Å²) in [6.07, 6.45) is 14.9. The summed E-state index contributed by atoms with van der Waals surface area (Å²) in [5, 5.41) is 3.88. The van der Waals surface area contributed by atoms with E-state index in [9.17, 15) is 0 Å². The van der Waals surface area contributed by atoms with E-state index in [1.165, 1.54) is 57.9 Å². The Balaban J connectivity index is 1.39. The Morgan fingerprint density at radius 3 is 1.88 bits per heavy atom. The Morgan fingerprint density at radius 2 is 1.25 bits per heavy atom. The molecule has 0 aromatic carbocycles. The summed E-state index contributed by atoms with van der Waals surface area (Å²) >= 11 is 0. The molecule has 3 aliphatic rings. The first-order valence-corrected chi connectivity index (χ1v) is 7.68. The van der Waals surface area contributed by atoms with Crippen molar-refractivity contribution in [2.24, 2.45) is 17.8 Å². The van der Waals surface area contributed by atoms with Gasteiger partial charge in [0.15, 0.2) is 0 Å². The Labute approximate surface area is 100 Å². The quantitative estimate of drug-likeness (QED) is 0.716. The van der Waals surface area contributed by atoms with Gasteiger partial charge in [-0.05, 0) is 50.0 Å². The summed E-state index contributed by atoms with van der Waals surface area (Å²) in [4.78, 5) is 0. The zero-order valence-electron chi connectivity index (χ0n) is 10.6. The lowest BCUT2D eigenvalue weighted by Crippen LogP contribution is -2.30. The van der Waals surface area contributed by atoms with E-state index >= 15 is 0 Å². The number of rotatable bonds is 3. The third-order valence-electron chi connectivity index (χ3n) is 5.33. The predicted octanol–water partition coefficient (Wildman–Crippen LogP) is 3.74. The average molecular weight is 221 g/mol. The van der Waals surface area contributed by atoms with Gasteiger partial charge in [0.2, 0.25) is 0 Å². The highest BCUT2D eigenvalue weighted by Gasteiger charge is 2.49. The molecular formula is C15H27N. The number of hydrogen-bond donors (Lipinski definition) is 1. The van der Waals surface area contributed by atoms with Gasteiger partial charge in [-0.2, -0.15) is 0 Å². The van der Waals surface area contributed by atoms with Crippen LogP contribution in [0.15, 0.2) is 0 Å². The fourth-order valence-corrected chi connectivity index (χ4v) is 4.23. The molecule has 0 saturated heterocycles. The van der Waals surface area contributed by atoms with E-state index in [0.29, 0.717) is 0 Å². The van der Waals surface area contributed by atoms with E-state index < -0.39 is 0 Å². The van der Waals surface area contributed by atoms with Gasteiger partial charge in [-0.15, -0.1) is 0 Å². The molecule has 0 aromatic rings. The largest absolute Gasteiger partial charge is 0.314 e. The molecule has 16 heavy (non-hydrogen) atoms. The van der Waals surface area contributed by atoms with Gasteiger partial charge in [-0.1, -0.05) is 38.5 Å². The van der Waals surface area contributed by atoms with Crippen LogP contribution >= 0.6 is 0 Å². The third kappa shape index (κ3) is 2.45. The van der Waals surface area contributed by atoms with Gasteiger partial charge in [-0.25, -0.2) is 0 Å². The lowest BCUT2D eigenvalue weighted by atomic mass is 10.0. The summed E-state index contributed by atoms with van der Waals surface area (Å²) < 4.78 is 0. The molecule has 0 spiro atoms. The van der Waals surface area contributed by atoms with E-state index in [4.69, 9.17) is 0 Å². The van der Waals surface area contributed by atoms with Crippen LogP contribution in [-0.4, -0.2) is 12.6 Å². The summed E-state index contributed by atoms with van der Waals surface area (Å²) in [7, 11) is 0. The van der Waals surface area contributed by atoms with Crippen LogP contribution in [-0.2, 0) is 0 Å². The first-order valence-electron chi connectivity index (χ1n) is 7.68. The second-order valence-electron chi connectivity index (χ2n) is 6.37. The van der Waals surface area contributed by atoms with Crippen molar-refractivity contribution in [1.29, 1.82) is 0 Å². The lowest BCUT2D eigenvalue weighted by Gasteiger charge is -2.16. The second-order valence-corrected chi connectivity index (χ2v) is 6.37. The van der Waals surface area contributed by atoms with Crippen LogP contribution in [0.2, 0.25) is 0 Å². The Hall–Kier alpha value is -0.0400. The molecule has 3 saturated carbocycles. The highest BCUT2D eigenvalue weighted by molar-refractivity contribution is 5.00. The highest BCUT2D eigenvalue weighted by atomic mass is 14.9. The van der Waals surface area contributed by atoms with Gasteiger partial charge in [0.25, 0.3) is 0 Å². The first kappa shape index (κ1) is 11.1. The highest BCUT2D eigenvalue weighted by Crippen LogP contribution is 2.54. The summed E-state index contributed by atoms with van der Waals surface area (Å²) in [6.45, 7) is 1.35. The SMILES string of the molecule is C1CCCC(NCC2C3CCCCC32)CC1. The van der Waals surface area contributed by atoms with Crippen molar-refractivity contribution in [1.82, 2.24) is 5.32 Å². The van der Waals surface area contributed by atoms with E-state index in [0.717, 1.165) is 23.8 Å². The molecule has 0 bridgehead atoms. The maximum Gasteiger partial charge on any atom is 0.00671 e. The van der Waals surface area contributed by atoms with Crippen molar-refractivity contribution in [3.05, 3.63) is 0 Å². The minimum atomic E-state index is 0.866. The average Bonchev–Trinajstić information content (AvgIpc) is 3.07. The minimum absolute atomic E-state index is 0.866. The molecule has 1 heteroatoms. The maximum absolute atomic E-state index is 3.88. The molecule has 3 fully saturated rings. The minimum Gasteiger partial charge on any atom is -0.314 e. The standard InChI is InChI=1S/C15H27N/c1-2-4-8-12(7-3-1)16-11-15-13-9-5-6-10-14(13)15/h12-16H,1-11H2. The zero-order chi connectivity index (χ0) is 10.8. The zero-order valence-corrected chi connectivity index (χ0v) is 10.6. The molecule has 2 unspecified atom stereocenters. The van der Waals surface area contributed by atoms with Gasteiger partial charge < -0.3 is 5.32 Å². The van der Waals surface area contributed by atoms with Crippen LogP contribution in [0.3, 0.4) is 0 Å². The van der Waals surface area contributed by atoms with Gasteiger partial charge in [0.1, 0.15) is 0 Å². The maximum atomic E-state index is 3.88. The normalized spacial score (nSPS) is 40.1. The molecule has 0 amide bonds. The van der Waals surface area contributed by atoms with Gasteiger partial charge in [0.05, 0.1) is 0 Å². The monoisotopic (exact) mass is 221 g/mol. The van der Waals surface area contributed by atoms with Crippen LogP contribution in [0, 0.1) is 17.8 Å². The second kappa shape index (κ2) is 5.08. The van der Waals surface area contributed by atoms with Crippen LogP contribution in [0.5, 0.6) is 0 Å². The van der Waals surface area contributed by atoms with Gasteiger partial charge in [0, 0.05) is 6.04 Å². The fourth-order valence-electron chi connectivity index (χ4n) is 4.23. The lowest BCUT2D eigenvalue weighted by molar-refractivity contribution is 0.439. The van der Waals surface area contributed by atoms with Crippen LogP contribution in [0.25, 0.3) is 0 Å². The van der Waals surface area contributed by atoms with Crippen molar-refractivity contribution in [3.8, 4) is 0 Å². The number of hydrogen-bond acceptors (Lipinski definition) is 1. The predicted molar refractivity (Wildman–Crippen MR) is 68.4 cm³/mol. The van der Waals surface area contributed by atoms with E-state index in [1.807, 2.05) is 0 Å². The van der Waals surface area contributed by atoms with Crippen LogP contribution in [0.1, 0.15) is 64.2 Å². The summed E-state index contributed by atoms with van der Waals surface area (Å²) in [5.41, 5.74) is 0. The first-order chi connectivity index (χ1) is 7.95. The van der Waals surface area contributed by atoms with Crippen LogP contribution in [0.4, 0.5) is 0 Å². The van der Waals surface area contributed by atoms with Crippen molar-refractivity contribution < 1.29 is 0 Å². The topological polar surface area (TPSA) is 12.0 Å². The molecule has 0 aromatic heterocycles. The molecule has 0 aliphatic heterocycles. The molecular weight excluding hydrogens is 194 g/mol. The summed E-state index contributed by atoms with van der Waals surface area (Å²) in [6, 6.07) is 0.866. The molecule has 3 rings (SSSR count). The van der Waals surface area contributed by atoms with E-state index in [-0.39, 0.29) is 0 Å². The van der Waals surface area contributed by atoms with Crippen molar-refractivity contribution in [2.75, 3.05) is 6.54 Å². The van der Waals surface area contributed by atoms with Crippen molar-refractivity contribution in [2.45, 2.75) is 70.3 Å². The van der Waals surface area contributed by atoms with E-state index in [2.05, 4.69) is 5.32 Å².